The van der Waals surface area contributed by atoms with Gasteiger partial charge in [0, 0.05) is 29.5 Å². The van der Waals surface area contributed by atoms with Crippen LogP contribution in [0.25, 0.3) is 5.69 Å². The van der Waals surface area contributed by atoms with Gasteiger partial charge in [-0.05, 0) is 80.2 Å². The molecule has 5 nitrogen and oxygen atoms in total. The molecule has 1 aliphatic rings. The van der Waals surface area contributed by atoms with Crippen LogP contribution >= 0.6 is 12.2 Å². The number of benzene rings is 1. The molecule has 0 bridgehead atoms. The van der Waals surface area contributed by atoms with Gasteiger partial charge in [0.2, 0.25) is 0 Å². The molecule has 1 aliphatic heterocycles. The second-order valence-electron chi connectivity index (χ2n) is 8.79. The minimum Gasteiger partial charge on any atom is -0.352 e. The van der Waals surface area contributed by atoms with Gasteiger partial charge in [-0.15, -0.1) is 0 Å². The van der Waals surface area contributed by atoms with E-state index in [1.54, 1.807) is 18.5 Å². The van der Waals surface area contributed by atoms with Gasteiger partial charge in [-0.2, -0.15) is 13.2 Å². The van der Waals surface area contributed by atoms with Gasteiger partial charge in [-0.25, -0.2) is 0 Å². The topological polar surface area (TPSA) is 46.0 Å². The molecule has 0 saturated carbocycles. The fourth-order valence-electron chi connectivity index (χ4n) is 4.89. The van der Waals surface area contributed by atoms with Crippen LogP contribution in [-0.4, -0.2) is 24.5 Å². The summed E-state index contributed by atoms with van der Waals surface area (Å²) in [7, 11) is 0. The maximum absolute atomic E-state index is 13.4. The van der Waals surface area contributed by atoms with E-state index in [0.717, 1.165) is 34.4 Å². The van der Waals surface area contributed by atoms with Crippen molar-refractivity contribution in [3.8, 4) is 5.69 Å². The largest absolute Gasteiger partial charge is 0.416 e. The van der Waals surface area contributed by atoms with Gasteiger partial charge in [-0.1, -0.05) is 18.2 Å². The Balaban J connectivity index is 1.62. The van der Waals surface area contributed by atoms with Crippen LogP contribution in [0.2, 0.25) is 0 Å². The normalized spacial score (nSPS) is 17.9. The van der Waals surface area contributed by atoms with E-state index in [-0.39, 0.29) is 12.1 Å². The Morgan fingerprint density at radius 2 is 1.69 bits per heavy atom. The van der Waals surface area contributed by atoms with Gasteiger partial charge in [-0.3, -0.25) is 9.97 Å². The Hall–Kier alpha value is -3.72. The molecule has 36 heavy (non-hydrogen) atoms. The predicted molar refractivity (Wildman–Crippen MR) is 135 cm³/mol. The molecule has 2 atom stereocenters. The number of pyridine rings is 2. The van der Waals surface area contributed by atoms with E-state index in [1.807, 2.05) is 60.9 Å². The number of halogens is 3. The fourth-order valence-corrected chi connectivity index (χ4v) is 5.19. The maximum Gasteiger partial charge on any atom is 0.416 e. The summed E-state index contributed by atoms with van der Waals surface area (Å²) in [6.07, 6.45) is -0.935. The van der Waals surface area contributed by atoms with Crippen LogP contribution in [0, 0.1) is 13.8 Å². The van der Waals surface area contributed by atoms with Gasteiger partial charge in [0.1, 0.15) is 0 Å². The van der Waals surface area contributed by atoms with Crippen molar-refractivity contribution in [2.24, 2.45) is 0 Å². The highest BCUT2D eigenvalue weighted by Crippen LogP contribution is 2.42. The van der Waals surface area contributed by atoms with Crippen LogP contribution in [0.1, 0.15) is 46.0 Å². The molecule has 1 N–H and O–H groups in total. The summed E-state index contributed by atoms with van der Waals surface area (Å²) in [6.45, 7) is 4.31. The maximum atomic E-state index is 13.4. The van der Waals surface area contributed by atoms with Crippen molar-refractivity contribution in [2.75, 3.05) is 0 Å². The average Bonchev–Trinajstić information content (AvgIpc) is 3.34. The Bertz CT molecular complexity index is 1390. The molecular formula is C27H24F3N5S. The highest BCUT2D eigenvalue weighted by Gasteiger charge is 2.41. The summed E-state index contributed by atoms with van der Waals surface area (Å²) in [5, 5.41) is 4.00. The summed E-state index contributed by atoms with van der Waals surface area (Å²) >= 11 is 5.76. The molecule has 4 aromatic rings. The van der Waals surface area contributed by atoms with E-state index in [2.05, 4.69) is 20.2 Å². The van der Waals surface area contributed by atoms with Crippen LogP contribution in [0.5, 0.6) is 0 Å². The van der Waals surface area contributed by atoms with Crippen molar-refractivity contribution < 1.29 is 13.2 Å². The summed E-state index contributed by atoms with van der Waals surface area (Å²) in [5.41, 5.74) is 4.11. The van der Waals surface area contributed by atoms with Gasteiger partial charge >= 0.3 is 6.18 Å². The number of hydrogen-bond acceptors (Lipinski definition) is 3. The van der Waals surface area contributed by atoms with Gasteiger partial charge < -0.3 is 14.8 Å². The van der Waals surface area contributed by atoms with Crippen LogP contribution in [0.4, 0.5) is 13.2 Å². The zero-order valence-electron chi connectivity index (χ0n) is 19.7. The van der Waals surface area contributed by atoms with Gasteiger partial charge in [0.15, 0.2) is 5.11 Å². The molecule has 3 aromatic heterocycles. The second-order valence-corrected chi connectivity index (χ2v) is 9.17. The van der Waals surface area contributed by atoms with Crippen molar-refractivity contribution in [3.63, 3.8) is 0 Å². The monoisotopic (exact) mass is 507 g/mol. The minimum atomic E-state index is -4.42. The quantitative estimate of drug-likeness (QED) is 0.332. The standard InChI is InChI=1S/C27H24F3N5S/c1-17-14-22(18(2)35(17)21-10-7-8-19(15-21)27(28,29)30)25-24(23-11-4-6-13-32-23)33-26(36)34(25)16-20-9-3-5-12-31-20/h3-15,24-25H,16H2,1-2H3,(H,33,36)/t24-,25-/m1/s1. The number of rotatable bonds is 5. The van der Waals surface area contributed by atoms with E-state index in [9.17, 15) is 13.2 Å². The number of alkyl halides is 3. The van der Waals surface area contributed by atoms with Crippen LogP contribution in [0.3, 0.4) is 0 Å². The number of nitrogens with one attached hydrogen (secondary N) is 1. The SMILES string of the molecule is Cc1cc([C@@H]2[C@@H](c3ccccn3)NC(=S)N2Cc2ccccn2)c(C)n1-c1cccc(C(F)(F)F)c1. The summed E-state index contributed by atoms with van der Waals surface area (Å²) in [5.74, 6) is 0. The van der Waals surface area contributed by atoms with Crippen molar-refractivity contribution >= 4 is 17.3 Å². The molecule has 0 unspecified atom stereocenters. The van der Waals surface area contributed by atoms with E-state index in [0.29, 0.717) is 17.3 Å². The highest BCUT2D eigenvalue weighted by molar-refractivity contribution is 7.80. The third-order valence-corrected chi connectivity index (χ3v) is 6.83. The lowest BCUT2D eigenvalue weighted by Gasteiger charge is -2.28. The first-order valence-corrected chi connectivity index (χ1v) is 11.9. The van der Waals surface area contributed by atoms with Crippen LogP contribution in [0.15, 0.2) is 79.1 Å². The first-order valence-electron chi connectivity index (χ1n) is 11.5. The number of aromatic nitrogens is 3. The lowest BCUT2D eigenvalue weighted by atomic mass is 9.96. The first-order chi connectivity index (χ1) is 17.2. The van der Waals surface area contributed by atoms with Crippen molar-refractivity contribution in [1.29, 1.82) is 0 Å². The van der Waals surface area contributed by atoms with Gasteiger partial charge in [0.05, 0.1) is 35.6 Å². The average molecular weight is 508 g/mol. The van der Waals surface area contributed by atoms with Crippen molar-refractivity contribution in [2.45, 2.75) is 38.7 Å². The molecule has 5 rings (SSSR count). The zero-order valence-corrected chi connectivity index (χ0v) is 20.5. The Morgan fingerprint density at radius 3 is 2.36 bits per heavy atom. The molecule has 184 valence electrons. The van der Waals surface area contributed by atoms with Crippen LogP contribution in [-0.2, 0) is 12.7 Å². The molecular weight excluding hydrogens is 483 g/mol. The number of hydrogen-bond donors (Lipinski definition) is 1. The Morgan fingerprint density at radius 1 is 0.944 bits per heavy atom. The lowest BCUT2D eigenvalue weighted by Crippen LogP contribution is -2.29. The minimum absolute atomic E-state index is 0.236. The highest BCUT2D eigenvalue weighted by atomic mass is 32.1. The van der Waals surface area contributed by atoms with Crippen LogP contribution < -0.4 is 5.32 Å². The molecule has 0 amide bonds. The van der Waals surface area contributed by atoms with E-state index in [4.69, 9.17) is 12.2 Å². The summed E-state index contributed by atoms with van der Waals surface area (Å²) < 4.78 is 42.1. The fraction of sp³-hybridized carbons (Fsp3) is 0.222. The molecule has 0 aliphatic carbocycles. The van der Waals surface area contributed by atoms with Crippen molar-refractivity contribution in [3.05, 3.63) is 113 Å². The number of aryl methyl sites for hydroxylation is 1. The Kier molecular flexibility index (Phi) is 6.26. The second kappa shape index (κ2) is 9.39. The number of nitrogens with zero attached hydrogens (tertiary/aromatic N) is 4. The predicted octanol–water partition coefficient (Wildman–Crippen LogP) is 6.08. The molecule has 9 heteroatoms. The lowest BCUT2D eigenvalue weighted by molar-refractivity contribution is -0.137. The third-order valence-electron chi connectivity index (χ3n) is 6.48. The smallest absolute Gasteiger partial charge is 0.352 e. The molecule has 0 spiro atoms. The first kappa shape index (κ1) is 24.0. The zero-order chi connectivity index (χ0) is 25.4. The van der Waals surface area contributed by atoms with E-state index >= 15 is 0 Å². The summed E-state index contributed by atoms with van der Waals surface area (Å²) in [6, 6.07) is 18.4. The van der Waals surface area contributed by atoms with Crippen molar-refractivity contribution in [1.82, 2.24) is 24.8 Å². The third kappa shape index (κ3) is 4.46. The van der Waals surface area contributed by atoms with E-state index in [1.165, 1.54) is 12.1 Å². The molecule has 4 heterocycles. The Labute approximate surface area is 212 Å². The van der Waals surface area contributed by atoms with E-state index < -0.39 is 11.7 Å². The number of thiocarbonyl (C=S) groups is 1. The molecule has 1 saturated heterocycles. The molecule has 0 radical (unpaired) electrons. The summed E-state index contributed by atoms with van der Waals surface area (Å²) in [4.78, 5) is 11.1. The molecule has 1 aromatic carbocycles. The van der Waals surface area contributed by atoms with Gasteiger partial charge in [0.25, 0.3) is 0 Å². The molecule has 1 fully saturated rings.